The molecule has 0 amide bonds. The molecule has 0 bridgehead atoms. The highest BCUT2D eigenvalue weighted by Gasteiger charge is 2.18. The van der Waals surface area contributed by atoms with Gasteiger partial charge in [-0.2, -0.15) is 0 Å². The van der Waals surface area contributed by atoms with E-state index in [1.165, 1.54) is 6.07 Å². The lowest BCUT2D eigenvalue weighted by atomic mass is 10.1. The zero-order chi connectivity index (χ0) is 14.3. The van der Waals surface area contributed by atoms with E-state index in [1.54, 1.807) is 30.3 Å². The molecule has 1 N–H and O–H groups in total. The van der Waals surface area contributed by atoms with E-state index in [2.05, 4.69) is 31.9 Å². The SMILES string of the molecule is OC(c1cc(Br)cc(Br)c1)c1cc2cccc(F)c2o1. The van der Waals surface area contributed by atoms with Gasteiger partial charge in [0.25, 0.3) is 0 Å². The van der Waals surface area contributed by atoms with Gasteiger partial charge < -0.3 is 9.52 Å². The van der Waals surface area contributed by atoms with E-state index in [-0.39, 0.29) is 5.58 Å². The molecule has 1 aromatic heterocycles. The smallest absolute Gasteiger partial charge is 0.170 e. The summed E-state index contributed by atoms with van der Waals surface area (Å²) in [5, 5.41) is 11.0. The highest BCUT2D eigenvalue weighted by molar-refractivity contribution is 9.11. The van der Waals surface area contributed by atoms with Crippen LogP contribution in [0.15, 0.2) is 55.8 Å². The van der Waals surface area contributed by atoms with Gasteiger partial charge in [-0.1, -0.05) is 44.0 Å². The topological polar surface area (TPSA) is 33.4 Å². The van der Waals surface area contributed by atoms with Crippen molar-refractivity contribution in [1.82, 2.24) is 0 Å². The van der Waals surface area contributed by atoms with Gasteiger partial charge in [-0.05, 0) is 35.9 Å². The Morgan fingerprint density at radius 3 is 2.40 bits per heavy atom. The first-order chi connectivity index (χ1) is 9.54. The molecule has 0 aliphatic carbocycles. The predicted octanol–water partition coefficient (Wildman–Crippen LogP) is 5.18. The third-order valence-electron chi connectivity index (χ3n) is 2.99. The number of halogens is 3. The molecule has 3 rings (SSSR count). The summed E-state index contributed by atoms with van der Waals surface area (Å²) in [5.74, 6) is -0.119. The minimum Gasteiger partial charge on any atom is -0.455 e. The minimum absolute atomic E-state index is 0.163. The van der Waals surface area contributed by atoms with E-state index >= 15 is 0 Å². The molecule has 2 aromatic carbocycles. The van der Waals surface area contributed by atoms with Gasteiger partial charge in [-0.3, -0.25) is 0 Å². The molecule has 1 atom stereocenters. The zero-order valence-corrected chi connectivity index (χ0v) is 13.3. The molecule has 0 aliphatic heterocycles. The first kappa shape index (κ1) is 13.8. The third kappa shape index (κ3) is 2.53. The van der Waals surface area contributed by atoms with E-state index in [0.717, 1.165) is 8.95 Å². The van der Waals surface area contributed by atoms with Crippen LogP contribution in [0.2, 0.25) is 0 Å². The van der Waals surface area contributed by atoms with Crippen LogP contribution in [0.3, 0.4) is 0 Å². The highest BCUT2D eigenvalue weighted by atomic mass is 79.9. The quantitative estimate of drug-likeness (QED) is 0.644. The first-order valence-electron chi connectivity index (χ1n) is 5.86. The Kier molecular flexibility index (Phi) is 3.67. The van der Waals surface area contributed by atoms with Crippen molar-refractivity contribution in [3.05, 3.63) is 68.6 Å². The van der Waals surface area contributed by atoms with Crippen molar-refractivity contribution in [3.8, 4) is 0 Å². The summed E-state index contributed by atoms with van der Waals surface area (Å²) in [5.41, 5.74) is 0.821. The van der Waals surface area contributed by atoms with Gasteiger partial charge in [-0.15, -0.1) is 0 Å². The summed E-state index contributed by atoms with van der Waals surface area (Å²) in [6.45, 7) is 0. The fraction of sp³-hybridized carbons (Fsp3) is 0.0667. The molecule has 5 heteroatoms. The van der Waals surface area contributed by atoms with Gasteiger partial charge in [0.1, 0.15) is 11.9 Å². The molecular weight excluding hydrogens is 391 g/mol. The summed E-state index contributed by atoms with van der Waals surface area (Å²) >= 11 is 6.74. The Morgan fingerprint density at radius 1 is 1.05 bits per heavy atom. The van der Waals surface area contributed by atoms with Crippen molar-refractivity contribution in [1.29, 1.82) is 0 Å². The van der Waals surface area contributed by atoms with Crippen LogP contribution in [-0.4, -0.2) is 5.11 Å². The number of hydrogen-bond acceptors (Lipinski definition) is 2. The lowest BCUT2D eigenvalue weighted by molar-refractivity contribution is 0.191. The van der Waals surface area contributed by atoms with Gasteiger partial charge in [0.2, 0.25) is 0 Å². The maximum Gasteiger partial charge on any atom is 0.170 e. The fourth-order valence-electron chi connectivity index (χ4n) is 2.08. The average molecular weight is 400 g/mol. The number of aliphatic hydroxyl groups is 1. The van der Waals surface area contributed by atoms with Gasteiger partial charge in [0, 0.05) is 14.3 Å². The third-order valence-corrected chi connectivity index (χ3v) is 3.90. The number of para-hydroxylation sites is 1. The highest BCUT2D eigenvalue weighted by Crippen LogP contribution is 2.32. The molecule has 102 valence electrons. The van der Waals surface area contributed by atoms with E-state index in [4.69, 9.17) is 4.42 Å². The summed E-state index contributed by atoms with van der Waals surface area (Å²) < 4.78 is 20.7. The molecule has 0 radical (unpaired) electrons. The van der Waals surface area contributed by atoms with E-state index in [9.17, 15) is 9.50 Å². The molecule has 2 nitrogen and oxygen atoms in total. The summed E-state index contributed by atoms with van der Waals surface area (Å²) in [6.07, 6.45) is -0.949. The van der Waals surface area contributed by atoms with E-state index < -0.39 is 11.9 Å². The van der Waals surface area contributed by atoms with Crippen molar-refractivity contribution in [2.24, 2.45) is 0 Å². The Hall–Kier alpha value is -1.17. The number of hydrogen-bond donors (Lipinski definition) is 1. The van der Waals surface area contributed by atoms with Crippen molar-refractivity contribution in [3.63, 3.8) is 0 Å². The molecule has 1 unspecified atom stereocenters. The Labute approximate surface area is 131 Å². The molecule has 0 spiro atoms. The lowest BCUT2D eigenvalue weighted by Crippen LogP contribution is -1.97. The molecule has 0 saturated carbocycles. The number of benzene rings is 2. The van der Waals surface area contributed by atoms with E-state index in [1.807, 2.05) is 6.07 Å². The number of aliphatic hydroxyl groups excluding tert-OH is 1. The maximum absolute atomic E-state index is 13.6. The van der Waals surface area contributed by atoms with Crippen LogP contribution >= 0.6 is 31.9 Å². The number of furan rings is 1. The van der Waals surface area contributed by atoms with Crippen LogP contribution in [0.25, 0.3) is 11.0 Å². The first-order valence-corrected chi connectivity index (χ1v) is 7.45. The molecule has 20 heavy (non-hydrogen) atoms. The molecule has 0 fully saturated rings. The summed E-state index contributed by atoms with van der Waals surface area (Å²) in [4.78, 5) is 0. The molecule has 1 heterocycles. The van der Waals surface area contributed by atoms with Crippen LogP contribution in [0.5, 0.6) is 0 Å². The van der Waals surface area contributed by atoms with Crippen LogP contribution in [0, 0.1) is 5.82 Å². The number of fused-ring (bicyclic) bond motifs is 1. The average Bonchev–Trinajstić information content (AvgIpc) is 2.82. The maximum atomic E-state index is 13.6. The number of rotatable bonds is 2. The van der Waals surface area contributed by atoms with Crippen LogP contribution < -0.4 is 0 Å². The van der Waals surface area contributed by atoms with Crippen molar-refractivity contribution < 1.29 is 13.9 Å². The molecule has 0 aliphatic rings. The monoisotopic (exact) mass is 398 g/mol. The molecule has 3 aromatic rings. The largest absolute Gasteiger partial charge is 0.455 e. The standard InChI is InChI=1S/C15H9Br2FO2/c16-10-4-9(5-11(17)7-10)14(19)13-6-8-2-1-3-12(18)15(8)20-13/h1-7,14,19H. The Bertz CT molecular complexity index is 762. The van der Waals surface area contributed by atoms with Crippen molar-refractivity contribution >= 4 is 42.8 Å². The van der Waals surface area contributed by atoms with Gasteiger partial charge >= 0.3 is 0 Å². The normalized spacial score (nSPS) is 12.8. The lowest BCUT2D eigenvalue weighted by Gasteiger charge is -2.09. The van der Waals surface area contributed by atoms with Gasteiger partial charge in [-0.25, -0.2) is 4.39 Å². The van der Waals surface area contributed by atoms with Crippen molar-refractivity contribution in [2.45, 2.75) is 6.10 Å². The Balaban J connectivity index is 2.07. The second-order valence-electron chi connectivity index (χ2n) is 4.41. The zero-order valence-electron chi connectivity index (χ0n) is 10.1. The van der Waals surface area contributed by atoms with Crippen LogP contribution in [0.4, 0.5) is 4.39 Å². The molecular formula is C15H9Br2FO2. The van der Waals surface area contributed by atoms with Gasteiger partial charge in [0.15, 0.2) is 11.4 Å². The second kappa shape index (κ2) is 5.31. The summed E-state index contributed by atoms with van der Waals surface area (Å²) in [6, 6.07) is 11.8. The Morgan fingerprint density at radius 2 is 1.75 bits per heavy atom. The van der Waals surface area contributed by atoms with Crippen LogP contribution in [-0.2, 0) is 0 Å². The minimum atomic E-state index is -0.949. The predicted molar refractivity (Wildman–Crippen MR) is 82.1 cm³/mol. The summed E-state index contributed by atoms with van der Waals surface area (Å²) in [7, 11) is 0. The second-order valence-corrected chi connectivity index (χ2v) is 6.24. The fourth-order valence-corrected chi connectivity index (χ4v) is 3.41. The van der Waals surface area contributed by atoms with Crippen molar-refractivity contribution in [2.75, 3.05) is 0 Å². The van der Waals surface area contributed by atoms with Gasteiger partial charge in [0.05, 0.1) is 0 Å². The molecule has 0 saturated heterocycles. The van der Waals surface area contributed by atoms with E-state index in [0.29, 0.717) is 16.7 Å². The van der Waals surface area contributed by atoms with Crippen LogP contribution in [0.1, 0.15) is 17.4 Å².